The van der Waals surface area contributed by atoms with Crippen LogP contribution in [0.2, 0.25) is 0 Å². The van der Waals surface area contributed by atoms with Crippen LogP contribution in [0.15, 0.2) is 6.07 Å². The summed E-state index contributed by atoms with van der Waals surface area (Å²) in [4.78, 5) is 9.78. The van der Waals surface area contributed by atoms with E-state index in [0.29, 0.717) is 6.04 Å². The van der Waals surface area contributed by atoms with Crippen LogP contribution < -0.4 is 4.90 Å². The minimum atomic E-state index is -0.135. The Morgan fingerprint density at radius 2 is 1.92 bits per heavy atom. The largest absolute Gasteiger partial charge is 0.392 e. The molecule has 1 unspecified atom stereocenters. The highest BCUT2D eigenvalue weighted by atomic mass is 16.3. The van der Waals surface area contributed by atoms with Crippen LogP contribution >= 0.6 is 0 Å². The second-order valence-electron chi connectivity index (χ2n) is 7.91. The molecule has 0 aliphatic carbocycles. The zero-order valence-electron chi connectivity index (χ0n) is 16.3. The average molecular weight is 358 g/mol. The maximum absolute atomic E-state index is 9.97. The molecule has 0 spiro atoms. The van der Waals surface area contributed by atoms with E-state index in [0.717, 1.165) is 75.3 Å². The molecule has 0 saturated carbocycles. The number of β-amino-alcohol motifs (C(OH)–C–C–N with tert-alkyl or cyclic N) is 1. The second-order valence-corrected chi connectivity index (χ2v) is 7.91. The smallest absolute Gasteiger partial charge is 0.160 e. The molecular formula is C20H31N5O. The Bertz CT molecular complexity index is 778. The highest BCUT2D eigenvalue weighted by Crippen LogP contribution is 2.27. The molecule has 2 fully saturated rings. The summed E-state index contributed by atoms with van der Waals surface area (Å²) in [6.07, 6.45) is 5.19. The third-order valence-electron chi connectivity index (χ3n) is 6.19. The summed E-state index contributed by atoms with van der Waals surface area (Å²) in [6.45, 7) is 10.4. The summed E-state index contributed by atoms with van der Waals surface area (Å²) in [6, 6.07) is 2.81. The van der Waals surface area contributed by atoms with Crippen molar-refractivity contribution in [1.29, 1.82) is 0 Å². The number of nitrogens with zero attached hydrogens (tertiary/aromatic N) is 5. The molecule has 0 bridgehead atoms. The zero-order chi connectivity index (χ0) is 18.3. The Labute approximate surface area is 155 Å². The van der Waals surface area contributed by atoms with Gasteiger partial charge in [-0.3, -0.25) is 4.90 Å². The van der Waals surface area contributed by atoms with Crippen LogP contribution in [0.4, 0.5) is 5.82 Å². The van der Waals surface area contributed by atoms with Crippen molar-refractivity contribution < 1.29 is 5.11 Å². The number of fused-ring (bicyclic) bond motifs is 1. The first-order valence-electron chi connectivity index (χ1n) is 10.1. The van der Waals surface area contributed by atoms with Gasteiger partial charge in [0.15, 0.2) is 5.65 Å². The standard InChI is InChI=1S/C20H31N5O/c1-4-16-12-19(25-20(21-16)14(2)15(3)22-25)23-10-7-17(8-11-23)24-9-5-6-18(26)13-24/h12,17-18,26H,4-11,13H2,1-3H3. The van der Waals surface area contributed by atoms with Gasteiger partial charge in [0.05, 0.1) is 11.8 Å². The topological polar surface area (TPSA) is 56.9 Å². The quantitative estimate of drug-likeness (QED) is 0.914. The predicted molar refractivity (Wildman–Crippen MR) is 104 cm³/mol. The highest BCUT2D eigenvalue weighted by molar-refractivity contribution is 5.57. The molecule has 2 aliphatic heterocycles. The van der Waals surface area contributed by atoms with Gasteiger partial charge in [-0.1, -0.05) is 6.92 Å². The maximum atomic E-state index is 9.97. The van der Waals surface area contributed by atoms with Gasteiger partial charge in [0, 0.05) is 43.0 Å². The van der Waals surface area contributed by atoms with Gasteiger partial charge < -0.3 is 10.0 Å². The van der Waals surface area contributed by atoms with Gasteiger partial charge in [-0.05, 0) is 52.5 Å². The number of aliphatic hydroxyl groups is 1. The number of anilines is 1. The summed E-state index contributed by atoms with van der Waals surface area (Å²) >= 11 is 0. The highest BCUT2D eigenvalue weighted by Gasteiger charge is 2.29. The minimum absolute atomic E-state index is 0.135. The van der Waals surface area contributed by atoms with Gasteiger partial charge in [-0.15, -0.1) is 0 Å². The number of hydrogen-bond acceptors (Lipinski definition) is 5. The lowest BCUT2D eigenvalue weighted by Crippen LogP contribution is -2.50. The fourth-order valence-corrected chi connectivity index (χ4v) is 4.44. The van der Waals surface area contributed by atoms with E-state index in [1.807, 2.05) is 4.52 Å². The number of aliphatic hydroxyl groups excluding tert-OH is 1. The van der Waals surface area contributed by atoms with Crippen LogP contribution in [0.1, 0.15) is 49.6 Å². The lowest BCUT2D eigenvalue weighted by atomic mass is 9.99. The number of aromatic nitrogens is 3. The van der Waals surface area contributed by atoms with E-state index in [-0.39, 0.29) is 6.10 Å². The molecule has 4 heterocycles. The summed E-state index contributed by atoms with van der Waals surface area (Å²) in [5.41, 5.74) is 4.37. The van der Waals surface area contributed by atoms with Crippen molar-refractivity contribution in [3.63, 3.8) is 0 Å². The van der Waals surface area contributed by atoms with Crippen molar-refractivity contribution in [2.75, 3.05) is 31.1 Å². The molecule has 142 valence electrons. The van der Waals surface area contributed by atoms with Crippen molar-refractivity contribution >= 4 is 11.5 Å². The van der Waals surface area contributed by atoms with E-state index in [1.165, 1.54) is 11.4 Å². The Kier molecular flexibility index (Phi) is 4.88. The van der Waals surface area contributed by atoms with Crippen LogP contribution in [0.25, 0.3) is 5.65 Å². The molecule has 6 heteroatoms. The third-order valence-corrected chi connectivity index (χ3v) is 6.19. The van der Waals surface area contributed by atoms with E-state index >= 15 is 0 Å². The molecule has 1 N–H and O–H groups in total. The summed E-state index contributed by atoms with van der Waals surface area (Å²) < 4.78 is 2.04. The molecular weight excluding hydrogens is 326 g/mol. The van der Waals surface area contributed by atoms with Crippen LogP contribution in [0, 0.1) is 13.8 Å². The van der Waals surface area contributed by atoms with E-state index in [2.05, 4.69) is 36.6 Å². The summed E-state index contributed by atoms with van der Waals surface area (Å²) in [7, 11) is 0. The number of aryl methyl sites for hydroxylation is 3. The zero-order valence-corrected chi connectivity index (χ0v) is 16.3. The number of rotatable bonds is 3. The molecule has 1 atom stereocenters. The fraction of sp³-hybridized carbons (Fsp3) is 0.700. The Hall–Kier alpha value is -1.66. The van der Waals surface area contributed by atoms with Crippen molar-refractivity contribution in [3.8, 4) is 0 Å². The maximum Gasteiger partial charge on any atom is 0.160 e. The molecule has 2 saturated heterocycles. The Morgan fingerprint density at radius 3 is 2.62 bits per heavy atom. The number of piperidine rings is 2. The first-order valence-corrected chi connectivity index (χ1v) is 10.1. The Morgan fingerprint density at radius 1 is 1.15 bits per heavy atom. The minimum Gasteiger partial charge on any atom is -0.392 e. The number of likely N-dealkylation sites (tertiary alicyclic amines) is 1. The van der Waals surface area contributed by atoms with Gasteiger partial charge in [-0.2, -0.15) is 9.61 Å². The third kappa shape index (κ3) is 3.21. The second kappa shape index (κ2) is 7.16. The summed E-state index contributed by atoms with van der Waals surface area (Å²) in [5.74, 6) is 1.18. The molecule has 2 aromatic heterocycles. The van der Waals surface area contributed by atoms with Crippen molar-refractivity contribution in [1.82, 2.24) is 19.5 Å². The molecule has 2 aliphatic rings. The first kappa shape index (κ1) is 17.7. The predicted octanol–water partition coefficient (Wildman–Crippen LogP) is 2.33. The van der Waals surface area contributed by atoms with E-state index < -0.39 is 0 Å². The number of hydrogen-bond donors (Lipinski definition) is 1. The van der Waals surface area contributed by atoms with Gasteiger partial charge in [-0.25, -0.2) is 4.98 Å². The molecule has 0 radical (unpaired) electrons. The van der Waals surface area contributed by atoms with E-state index in [1.54, 1.807) is 0 Å². The van der Waals surface area contributed by atoms with Crippen molar-refractivity contribution in [2.45, 2.75) is 65.0 Å². The van der Waals surface area contributed by atoms with Gasteiger partial charge >= 0.3 is 0 Å². The van der Waals surface area contributed by atoms with Crippen LogP contribution in [-0.4, -0.2) is 62.9 Å². The van der Waals surface area contributed by atoms with E-state index in [9.17, 15) is 5.11 Å². The lowest BCUT2D eigenvalue weighted by Gasteiger charge is -2.41. The fourth-order valence-electron chi connectivity index (χ4n) is 4.44. The monoisotopic (exact) mass is 357 g/mol. The molecule has 6 nitrogen and oxygen atoms in total. The van der Waals surface area contributed by atoms with Gasteiger partial charge in [0.25, 0.3) is 0 Å². The SMILES string of the molecule is CCc1cc(N2CCC(N3CCCC(O)C3)CC2)n2nc(C)c(C)c2n1. The Balaban J connectivity index is 1.55. The summed E-state index contributed by atoms with van der Waals surface area (Å²) in [5, 5.41) is 14.7. The molecule has 4 rings (SSSR count). The normalized spacial score (nSPS) is 23.1. The first-order chi connectivity index (χ1) is 12.6. The van der Waals surface area contributed by atoms with Crippen molar-refractivity contribution in [3.05, 3.63) is 23.0 Å². The van der Waals surface area contributed by atoms with Crippen LogP contribution in [-0.2, 0) is 6.42 Å². The average Bonchev–Trinajstić information content (AvgIpc) is 2.95. The molecule has 26 heavy (non-hydrogen) atoms. The van der Waals surface area contributed by atoms with E-state index in [4.69, 9.17) is 10.1 Å². The van der Waals surface area contributed by atoms with Crippen LogP contribution in [0.5, 0.6) is 0 Å². The molecule has 2 aromatic rings. The van der Waals surface area contributed by atoms with Crippen LogP contribution in [0.3, 0.4) is 0 Å². The molecule has 0 aromatic carbocycles. The lowest BCUT2D eigenvalue weighted by molar-refractivity contribution is 0.0398. The van der Waals surface area contributed by atoms with Gasteiger partial charge in [0.1, 0.15) is 5.82 Å². The molecule has 0 amide bonds. The van der Waals surface area contributed by atoms with Crippen molar-refractivity contribution in [2.24, 2.45) is 0 Å². The van der Waals surface area contributed by atoms with Gasteiger partial charge in [0.2, 0.25) is 0 Å².